The molecule has 0 aliphatic rings. The Morgan fingerprint density at radius 3 is 1.52 bits per heavy atom. The summed E-state index contributed by atoms with van der Waals surface area (Å²) in [6.45, 7) is 2.09. The van der Waals surface area contributed by atoms with Crippen LogP contribution in [0.1, 0.15) is 71.1 Å². The highest BCUT2D eigenvalue weighted by Gasteiger charge is 2.90. The summed E-state index contributed by atoms with van der Waals surface area (Å²) in [5, 5.41) is 0. The molecule has 0 aliphatic heterocycles. The van der Waals surface area contributed by atoms with E-state index in [9.17, 15) is 61.9 Å². The number of halogens is 13. The van der Waals surface area contributed by atoms with E-state index in [0.717, 1.165) is 25.7 Å². The fourth-order valence-corrected chi connectivity index (χ4v) is 3.83. The Balaban J connectivity index is 5.49. The van der Waals surface area contributed by atoms with Crippen molar-refractivity contribution in [3.8, 4) is 0 Å². The Hall–Kier alpha value is -1.56. The molecule has 264 valence electrons. The average molecular weight is 679 g/mol. The number of carbonyl (C=O) groups is 1. The van der Waals surface area contributed by atoms with Crippen molar-refractivity contribution < 1.29 is 80.8 Å². The van der Waals surface area contributed by atoms with Gasteiger partial charge in [-0.05, 0) is 12.8 Å². The fraction of sp³-hybridized carbons (Fsp3) is 0.962. The maximum absolute atomic E-state index is 14.3. The van der Waals surface area contributed by atoms with Crippen LogP contribution in [0.5, 0.6) is 0 Å². The van der Waals surface area contributed by atoms with E-state index in [2.05, 4.69) is 0 Å². The van der Waals surface area contributed by atoms with Gasteiger partial charge in [0.2, 0.25) is 0 Å². The van der Waals surface area contributed by atoms with Gasteiger partial charge in [0.15, 0.2) is 0 Å². The maximum atomic E-state index is 14.3. The van der Waals surface area contributed by atoms with Crippen molar-refractivity contribution in [1.29, 1.82) is 0 Å². The molecule has 1 unspecified atom stereocenters. The number of ether oxygens (including phenoxy) is 4. The molecular weight excluding hydrogens is 639 g/mol. The second kappa shape index (κ2) is 18.6. The molecule has 0 amide bonds. The van der Waals surface area contributed by atoms with Crippen molar-refractivity contribution in [1.82, 2.24) is 0 Å². The number of hydrogen-bond donors (Lipinski definition) is 0. The minimum Gasteiger partial charge on any atom is -0.463 e. The molecule has 0 fully saturated rings. The van der Waals surface area contributed by atoms with Crippen LogP contribution in [0.4, 0.5) is 57.1 Å². The third-order valence-electron chi connectivity index (χ3n) is 6.57. The number of carbonyl (C=O) groups excluding carboxylic acids is 1. The molecule has 0 spiro atoms. The molecule has 0 N–H and O–H groups in total. The van der Waals surface area contributed by atoms with Gasteiger partial charge < -0.3 is 18.9 Å². The smallest absolute Gasteiger partial charge is 0.460 e. The highest BCUT2D eigenvalue weighted by atomic mass is 19.4. The predicted molar refractivity (Wildman–Crippen MR) is 131 cm³/mol. The van der Waals surface area contributed by atoms with Crippen molar-refractivity contribution in [2.24, 2.45) is 5.92 Å². The third-order valence-corrected chi connectivity index (χ3v) is 6.57. The van der Waals surface area contributed by atoms with Crippen LogP contribution in [0.2, 0.25) is 0 Å². The zero-order valence-corrected chi connectivity index (χ0v) is 24.3. The van der Waals surface area contributed by atoms with Gasteiger partial charge in [-0.1, -0.05) is 51.9 Å². The van der Waals surface area contributed by atoms with Gasteiger partial charge in [-0.2, -0.15) is 57.1 Å². The summed E-state index contributed by atoms with van der Waals surface area (Å²) < 4.78 is 194. The van der Waals surface area contributed by atoms with Crippen LogP contribution in [0.25, 0.3) is 0 Å². The van der Waals surface area contributed by atoms with E-state index in [1.807, 2.05) is 6.92 Å². The molecule has 0 aromatic heterocycles. The number of rotatable bonds is 25. The molecule has 0 saturated heterocycles. The first-order valence-electron chi connectivity index (χ1n) is 13.9. The summed E-state index contributed by atoms with van der Waals surface area (Å²) in [7, 11) is 1.45. The third kappa shape index (κ3) is 11.7. The van der Waals surface area contributed by atoms with Crippen molar-refractivity contribution in [2.45, 2.75) is 107 Å². The highest BCUT2D eigenvalue weighted by Crippen LogP contribution is 2.60. The number of methoxy groups -OCH3 is 1. The molecule has 0 aromatic carbocycles. The van der Waals surface area contributed by atoms with Crippen LogP contribution in [0.15, 0.2) is 0 Å². The topological polar surface area (TPSA) is 54.0 Å². The lowest BCUT2D eigenvalue weighted by Crippen LogP contribution is -2.70. The van der Waals surface area contributed by atoms with Crippen LogP contribution in [0, 0.1) is 5.92 Å². The monoisotopic (exact) mass is 678 g/mol. The maximum Gasteiger partial charge on any atom is 0.460 e. The lowest BCUT2D eigenvalue weighted by atomic mass is 9.88. The van der Waals surface area contributed by atoms with Crippen LogP contribution in [-0.2, 0) is 23.7 Å². The van der Waals surface area contributed by atoms with E-state index >= 15 is 0 Å². The zero-order valence-electron chi connectivity index (χ0n) is 24.3. The van der Waals surface area contributed by atoms with Crippen molar-refractivity contribution >= 4 is 5.97 Å². The van der Waals surface area contributed by atoms with Gasteiger partial charge in [-0.15, -0.1) is 0 Å². The SMILES string of the molecule is CCCCCCCCCC(CCC(F)(F)C(F)(F)C(F)(F)C(F)(F)C(F)(F)C(F)(F)F)C(=O)OCCOCCOCCOC. The predicted octanol–water partition coefficient (Wildman–Crippen LogP) is 8.49. The minimum absolute atomic E-state index is 0.0518. The van der Waals surface area contributed by atoms with Crippen molar-refractivity contribution in [3.05, 3.63) is 0 Å². The standard InChI is InChI=1S/C26H39F13O5/c1-3-4-5-6-7-8-9-10-19(20(40)44-18-17-43-16-15-42-14-13-41-2)11-12-21(27,28)22(29,30)23(31,32)24(33,34)25(35,36)26(37,38)39/h19H,3-18H2,1-2H3. The summed E-state index contributed by atoms with van der Waals surface area (Å²) in [4.78, 5) is 12.5. The molecule has 0 saturated carbocycles. The van der Waals surface area contributed by atoms with Gasteiger partial charge in [0.25, 0.3) is 0 Å². The molecular formula is C26H39F13O5. The number of unbranched alkanes of at least 4 members (excludes halogenated alkanes) is 6. The molecule has 0 radical (unpaired) electrons. The second-order valence-electron chi connectivity index (χ2n) is 10.0. The first kappa shape index (κ1) is 42.4. The average Bonchev–Trinajstić information content (AvgIpc) is 2.91. The van der Waals surface area contributed by atoms with Gasteiger partial charge in [0, 0.05) is 13.5 Å². The molecule has 0 heterocycles. The minimum atomic E-state index is -7.96. The molecule has 0 bridgehead atoms. The Morgan fingerprint density at radius 2 is 1.02 bits per heavy atom. The molecule has 5 nitrogen and oxygen atoms in total. The lowest BCUT2D eigenvalue weighted by Gasteiger charge is -2.40. The Labute approximate surface area is 247 Å². The summed E-state index contributed by atoms with van der Waals surface area (Å²) in [5.74, 6) is -40.1. The van der Waals surface area contributed by atoms with Gasteiger partial charge in [-0.3, -0.25) is 4.79 Å². The first-order valence-corrected chi connectivity index (χ1v) is 13.9. The largest absolute Gasteiger partial charge is 0.463 e. The lowest BCUT2D eigenvalue weighted by molar-refractivity contribution is -0.440. The van der Waals surface area contributed by atoms with E-state index in [1.165, 1.54) is 7.11 Å². The molecule has 0 aromatic rings. The van der Waals surface area contributed by atoms with E-state index < -0.39 is 67.1 Å². The molecule has 44 heavy (non-hydrogen) atoms. The van der Waals surface area contributed by atoms with Crippen LogP contribution >= 0.6 is 0 Å². The normalized spacial score (nSPS) is 14.6. The number of alkyl halides is 13. The molecule has 0 rings (SSSR count). The fourth-order valence-electron chi connectivity index (χ4n) is 3.83. The summed E-state index contributed by atoms with van der Waals surface area (Å²) in [5.41, 5.74) is 0. The van der Waals surface area contributed by atoms with Crippen LogP contribution in [0.3, 0.4) is 0 Å². The Morgan fingerprint density at radius 1 is 0.568 bits per heavy atom. The summed E-state index contributed by atoms with van der Waals surface area (Å²) >= 11 is 0. The van der Waals surface area contributed by atoms with Crippen molar-refractivity contribution in [3.63, 3.8) is 0 Å². The summed E-state index contributed by atoms with van der Waals surface area (Å²) in [6, 6.07) is 0. The van der Waals surface area contributed by atoms with E-state index in [0.29, 0.717) is 19.4 Å². The molecule has 18 heteroatoms. The van der Waals surface area contributed by atoms with E-state index in [-0.39, 0.29) is 39.3 Å². The van der Waals surface area contributed by atoms with Crippen LogP contribution in [-0.4, -0.2) is 88.5 Å². The Bertz CT molecular complexity index is 808. The first-order chi connectivity index (χ1) is 20.2. The number of esters is 1. The van der Waals surface area contributed by atoms with Gasteiger partial charge in [-0.25, -0.2) is 0 Å². The number of hydrogen-bond acceptors (Lipinski definition) is 5. The van der Waals surface area contributed by atoms with Crippen molar-refractivity contribution in [2.75, 3.05) is 46.8 Å². The van der Waals surface area contributed by atoms with Crippen LogP contribution < -0.4 is 0 Å². The summed E-state index contributed by atoms with van der Waals surface area (Å²) in [6.07, 6.45) is -6.74. The highest BCUT2D eigenvalue weighted by molar-refractivity contribution is 5.72. The quantitative estimate of drug-likeness (QED) is 0.0551. The van der Waals surface area contributed by atoms with Gasteiger partial charge in [0.1, 0.15) is 6.61 Å². The van der Waals surface area contributed by atoms with E-state index in [1.54, 1.807) is 0 Å². The van der Waals surface area contributed by atoms with Gasteiger partial charge >= 0.3 is 41.8 Å². The molecule has 0 aliphatic carbocycles. The van der Waals surface area contributed by atoms with E-state index in [4.69, 9.17) is 18.9 Å². The molecule has 1 atom stereocenters. The second-order valence-corrected chi connectivity index (χ2v) is 10.0. The van der Waals surface area contributed by atoms with Gasteiger partial charge in [0.05, 0.1) is 39.0 Å². The zero-order chi connectivity index (χ0) is 34.3. The Kier molecular flexibility index (Phi) is 17.9.